The van der Waals surface area contributed by atoms with Gasteiger partial charge in [0.2, 0.25) is 0 Å². The Balaban J connectivity index is 1.45. The molecule has 152 valence electrons. The summed E-state index contributed by atoms with van der Waals surface area (Å²) in [6.45, 7) is 0.775. The average molecular weight is 420 g/mol. The summed E-state index contributed by atoms with van der Waals surface area (Å²) in [4.78, 5) is 13.6. The van der Waals surface area contributed by atoms with E-state index in [0.717, 1.165) is 59.4 Å². The lowest BCUT2D eigenvalue weighted by Gasteiger charge is -2.23. The van der Waals surface area contributed by atoms with E-state index < -0.39 is 0 Å². The number of hydrogen-bond acceptors (Lipinski definition) is 5. The number of halogens is 1. The van der Waals surface area contributed by atoms with Crippen molar-refractivity contribution in [3.63, 3.8) is 0 Å². The van der Waals surface area contributed by atoms with Crippen LogP contribution in [-0.4, -0.2) is 26.1 Å². The number of benzene rings is 2. The van der Waals surface area contributed by atoms with Crippen LogP contribution in [0, 0.1) is 0 Å². The Kier molecular flexibility index (Phi) is 5.21. The Bertz CT molecular complexity index is 1150. The molecule has 0 aliphatic carbocycles. The van der Waals surface area contributed by atoms with E-state index in [0.29, 0.717) is 5.02 Å². The first-order valence-corrected chi connectivity index (χ1v) is 10.5. The fourth-order valence-electron chi connectivity index (χ4n) is 3.93. The summed E-state index contributed by atoms with van der Waals surface area (Å²) >= 11 is 5.98. The zero-order valence-electron chi connectivity index (χ0n) is 16.4. The molecule has 2 aromatic carbocycles. The molecular weight excluding hydrogens is 398 g/mol. The molecule has 7 heteroatoms. The summed E-state index contributed by atoms with van der Waals surface area (Å²) in [6, 6.07) is 15.5. The largest absolute Gasteiger partial charge is 0.358 e. The Labute approximate surface area is 179 Å². The Morgan fingerprint density at radius 2 is 1.70 bits per heavy atom. The first-order valence-electron chi connectivity index (χ1n) is 10.1. The molecule has 1 aliphatic heterocycles. The Hall–Kier alpha value is -2.80. The number of ether oxygens (including phenoxy) is 1. The van der Waals surface area contributed by atoms with Crippen molar-refractivity contribution in [2.45, 2.75) is 31.5 Å². The second kappa shape index (κ2) is 8.14. The van der Waals surface area contributed by atoms with Gasteiger partial charge in [-0.2, -0.15) is 0 Å². The molecule has 2 unspecified atom stereocenters. The number of imidazole rings is 1. The molecule has 3 heterocycles. The number of nitrogens with zero attached hydrogens (tertiary/aromatic N) is 4. The highest BCUT2D eigenvalue weighted by molar-refractivity contribution is 6.30. The molecule has 2 aromatic heterocycles. The number of rotatable bonds is 4. The van der Waals surface area contributed by atoms with Gasteiger partial charge < -0.3 is 10.5 Å². The lowest BCUT2D eigenvalue weighted by atomic mass is 9.98. The average Bonchev–Trinajstić information content (AvgIpc) is 3.24. The van der Waals surface area contributed by atoms with Crippen LogP contribution in [0.1, 0.15) is 42.7 Å². The molecule has 0 spiro atoms. The van der Waals surface area contributed by atoms with Gasteiger partial charge in [-0.3, -0.25) is 4.57 Å². The third-order valence-corrected chi connectivity index (χ3v) is 5.85. The van der Waals surface area contributed by atoms with Crippen LogP contribution in [0.5, 0.6) is 0 Å². The van der Waals surface area contributed by atoms with E-state index in [2.05, 4.69) is 15.0 Å². The number of nitrogens with two attached hydrogens (primary N) is 1. The van der Waals surface area contributed by atoms with E-state index in [4.69, 9.17) is 22.1 Å². The molecule has 1 saturated heterocycles. The molecule has 30 heavy (non-hydrogen) atoms. The van der Waals surface area contributed by atoms with Gasteiger partial charge >= 0.3 is 0 Å². The van der Waals surface area contributed by atoms with Gasteiger partial charge in [-0.05, 0) is 42.5 Å². The molecular formula is C23H22ClN5O. The number of hydrogen-bond donors (Lipinski definition) is 1. The van der Waals surface area contributed by atoms with Gasteiger partial charge in [0, 0.05) is 17.2 Å². The zero-order valence-corrected chi connectivity index (χ0v) is 17.2. The minimum Gasteiger partial charge on any atom is -0.358 e. The van der Waals surface area contributed by atoms with Crippen molar-refractivity contribution >= 4 is 22.8 Å². The number of aromatic nitrogens is 4. The SMILES string of the molecule is NC(c1ccc(Cl)cc1)c1ccc(-c2ncnc3c2ncn3C2CCCCO2)cc1. The first-order chi connectivity index (χ1) is 14.7. The van der Waals surface area contributed by atoms with E-state index in [1.807, 2.05) is 59.4 Å². The van der Waals surface area contributed by atoms with Gasteiger partial charge in [-0.1, -0.05) is 48.0 Å². The van der Waals surface area contributed by atoms with Crippen LogP contribution < -0.4 is 5.73 Å². The van der Waals surface area contributed by atoms with Crippen molar-refractivity contribution in [2.75, 3.05) is 6.61 Å². The van der Waals surface area contributed by atoms with Crippen LogP contribution in [0.25, 0.3) is 22.4 Å². The highest BCUT2D eigenvalue weighted by Crippen LogP contribution is 2.30. The molecule has 0 bridgehead atoms. The van der Waals surface area contributed by atoms with Crippen LogP contribution in [0.3, 0.4) is 0 Å². The molecule has 1 aliphatic rings. The van der Waals surface area contributed by atoms with Crippen molar-refractivity contribution in [1.29, 1.82) is 0 Å². The fourth-order valence-corrected chi connectivity index (χ4v) is 4.05. The highest BCUT2D eigenvalue weighted by Gasteiger charge is 2.20. The van der Waals surface area contributed by atoms with Crippen LogP contribution in [0.15, 0.2) is 61.2 Å². The van der Waals surface area contributed by atoms with Gasteiger partial charge in [-0.25, -0.2) is 15.0 Å². The van der Waals surface area contributed by atoms with E-state index in [1.54, 1.807) is 6.33 Å². The molecule has 5 rings (SSSR count). The van der Waals surface area contributed by atoms with Crippen LogP contribution in [0.4, 0.5) is 0 Å². The van der Waals surface area contributed by atoms with E-state index >= 15 is 0 Å². The minimum absolute atomic E-state index is 0.00810. The zero-order chi connectivity index (χ0) is 20.5. The molecule has 0 amide bonds. The monoisotopic (exact) mass is 419 g/mol. The summed E-state index contributed by atoms with van der Waals surface area (Å²) in [7, 11) is 0. The third kappa shape index (κ3) is 3.58. The summed E-state index contributed by atoms with van der Waals surface area (Å²) in [5, 5.41) is 0.701. The summed E-state index contributed by atoms with van der Waals surface area (Å²) < 4.78 is 7.93. The van der Waals surface area contributed by atoms with Gasteiger partial charge in [0.15, 0.2) is 5.65 Å². The smallest absolute Gasteiger partial charge is 0.165 e. The fraction of sp³-hybridized carbons (Fsp3) is 0.261. The van der Waals surface area contributed by atoms with Crippen molar-refractivity contribution in [2.24, 2.45) is 5.73 Å². The molecule has 4 aromatic rings. The van der Waals surface area contributed by atoms with Crippen LogP contribution >= 0.6 is 11.6 Å². The predicted molar refractivity (Wildman–Crippen MR) is 117 cm³/mol. The molecule has 0 radical (unpaired) electrons. The Morgan fingerprint density at radius 1 is 0.967 bits per heavy atom. The van der Waals surface area contributed by atoms with Crippen molar-refractivity contribution < 1.29 is 4.74 Å². The highest BCUT2D eigenvalue weighted by atomic mass is 35.5. The van der Waals surface area contributed by atoms with Gasteiger partial charge in [0.05, 0.1) is 12.4 Å². The second-order valence-electron chi connectivity index (χ2n) is 7.52. The van der Waals surface area contributed by atoms with Crippen LogP contribution in [-0.2, 0) is 4.74 Å². The first kappa shape index (κ1) is 19.2. The number of fused-ring (bicyclic) bond motifs is 1. The molecule has 2 atom stereocenters. The lowest BCUT2D eigenvalue weighted by molar-refractivity contribution is -0.0298. The predicted octanol–water partition coefficient (Wildman–Crippen LogP) is 4.89. The van der Waals surface area contributed by atoms with E-state index in [1.165, 1.54) is 0 Å². The maximum atomic E-state index is 6.43. The van der Waals surface area contributed by atoms with E-state index in [9.17, 15) is 0 Å². The van der Waals surface area contributed by atoms with Crippen molar-refractivity contribution in [3.8, 4) is 11.3 Å². The van der Waals surface area contributed by atoms with Gasteiger partial charge in [0.25, 0.3) is 0 Å². The second-order valence-corrected chi connectivity index (χ2v) is 7.96. The minimum atomic E-state index is -0.218. The summed E-state index contributed by atoms with van der Waals surface area (Å²) in [6.07, 6.45) is 6.62. The van der Waals surface area contributed by atoms with Crippen molar-refractivity contribution in [3.05, 3.63) is 77.3 Å². The van der Waals surface area contributed by atoms with Gasteiger partial charge in [0.1, 0.15) is 23.8 Å². The van der Waals surface area contributed by atoms with Crippen molar-refractivity contribution in [1.82, 2.24) is 19.5 Å². The lowest BCUT2D eigenvalue weighted by Crippen LogP contribution is -2.17. The summed E-state index contributed by atoms with van der Waals surface area (Å²) in [5.41, 5.74) is 11.8. The maximum absolute atomic E-state index is 6.43. The van der Waals surface area contributed by atoms with Crippen LogP contribution in [0.2, 0.25) is 5.02 Å². The summed E-state index contributed by atoms with van der Waals surface area (Å²) in [5.74, 6) is 0. The molecule has 2 N–H and O–H groups in total. The normalized spacial score (nSPS) is 17.9. The molecule has 6 nitrogen and oxygen atoms in total. The topological polar surface area (TPSA) is 78.9 Å². The quantitative estimate of drug-likeness (QED) is 0.509. The Morgan fingerprint density at radius 3 is 2.40 bits per heavy atom. The molecule has 1 fully saturated rings. The maximum Gasteiger partial charge on any atom is 0.165 e. The van der Waals surface area contributed by atoms with Gasteiger partial charge in [-0.15, -0.1) is 0 Å². The van der Waals surface area contributed by atoms with E-state index in [-0.39, 0.29) is 12.3 Å². The standard InChI is InChI=1S/C23H22ClN5O/c24-18-10-8-16(9-11-18)20(25)15-4-6-17(7-5-15)21-22-23(27-13-26-21)29(14-28-22)19-3-1-2-12-30-19/h4-11,13-14,19-20H,1-3,12,25H2. The molecule has 0 saturated carbocycles. The third-order valence-electron chi connectivity index (χ3n) is 5.60.